The van der Waals surface area contributed by atoms with Crippen LogP contribution in [0.2, 0.25) is 10.0 Å². The van der Waals surface area contributed by atoms with E-state index in [0.29, 0.717) is 15.6 Å². The summed E-state index contributed by atoms with van der Waals surface area (Å²) in [5, 5.41) is 10.1. The Morgan fingerprint density at radius 2 is 1.87 bits per heavy atom. The molecule has 1 aliphatic heterocycles. The molecule has 0 unspecified atom stereocenters. The highest BCUT2D eigenvalue weighted by Gasteiger charge is 2.19. The number of anilines is 1. The lowest BCUT2D eigenvalue weighted by Crippen LogP contribution is -2.19. The molecule has 4 heteroatoms. The van der Waals surface area contributed by atoms with Gasteiger partial charge in [-0.05, 0) is 25.0 Å². The van der Waals surface area contributed by atoms with Gasteiger partial charge in [-0.1, -0.05) is 23.2 Å². The number of hydrogen-bond acceptors (Lipinski definition) is 2. The fourth-order valence-electron chi connectivity index (χ4n) is 1.91. The third-order valence-corrected chi connectivity index (χ3v) is 3.08. The van der Waals surface area contributed by atoms with Crippen molar-refractivity contribution in [2.45, 2.75) is 12.8 Å². The molecule has 0 aromatic heterocycles. The third-order valence-electron chi connectivity index (χ3n) is 2.57. The SMILES string of the molecule is N#Cc1cc(Cl)cc(Cl)c1N1CCCC1. The molecule has 2 nitrogen and oxygen atoms in total. The van der Waals surface area contributed by atoms with Gasteiger partial charge in [0.2, 0.25) is 0 Å². The molecule has 0 spiro atoms. The largest absolute Gasteiger partial charge is 0.369 e. The summed E-state index contributed by atoms with van der Waals surface area (Å²) in [6.45, 7) is 1.94. The number of hydrogen-bond donors (Lipinski definition) is 0. The predicted molar refractivity (Wildman–Crippen MR) is 62.6 cm³/mol. The Morgan fingerprint density at radius 3 is 2.47 bits per heavy atom. The maximum atomic E-state index is 9.03. The quantitative estimate of drug-likeness (QED) is 0.752. The summed E-state index contributed by atoms with van der Waals surface area (Å²) in [5.41, 5.74) is 1.40. The molecule has 2 rings (SSSR count). The van der Waals surface area contributed by atoms with Gasteiger partial charge in [0.05, 0.1) is 16.3 Å². The number of benzene rings is 1. The van der Waals surface area contributed by atoms with Crippen LogP contribution in [0, 0.1) is 11.3 Å². The Kier molecular flexibility index (Phi) is 3.04. The van der Waals surface area contributed by atoms with Gasteiger partial charge in [0.25, 0.3) is 0 Å². The standard InChI is InChI=1S/C11H10Cl2N2/c12-9-5-8(7-14)11(10(13)6-9)15-3-1-2-4-15/h5-6H,1-4H2. The number of halogens is 2. The number of nitrogens with zero attached hydrogens (tertiary/aromatic N) is 2. The van der Waals surface area contributed by atoms with Crippen molar-refractivity contribution in [3.05, 3.63) is 27.7 Å². The first-order chi connectivity index (χ1) is 7.22. The summed E-state index contributed by atoms with van der Waals surface area (Å²) in [6.07, 6.45) is 2.31. The summed E-state index contributed by atoms with van der Waals surface area (Å²) in [6, 6.07) is 5.50. The van der Waals surface area contributed by atoms with Crippen LogP contribution in [0.4, 0.5) is 5.69 Å². The topological polar surface area (TPSA) is 27.0 Å². The van der Waals surface area contributed by atoms with Gasteiger partial charge in [-0.15, -0.1) is 0 Å². The normalized spacial score (nSPS) is 15.4. The van der Waals surface area contributed by atoms with E-state index in [0.717, 1.165) is 31.6 Å². The minimum absolute atomic E-state index is 0.513. The van der Waals surface area contributed by atoms with Gasteiger partial charge in [-0.2, -0.15) is 5.26 Å². The van der Waals surface area contributed by atoms with Gasteiger partial charge in [0, 0.05) is 18.1 Å². The summed E-state index contributed by atoms with van der Waals surface area (Å²) < 4.78 is 0. The highest BCUT2D eigenvalue weighted by atomic mass is 35.5. The molecule has 1 aromatic rings. The van der Waals surface area contributed by atoms with Crippen LogP contribution < -0.4 is 4.90 Å². The summed E-state index contributed by atoms with van der Waals surface area (Å²) in [4.78, 5) is 2.15. The monoisotopic (exact) mass is 240 g/mol. The summed E-state index contributed by atoms with van der Waals surface area (Å²) in [7, 11) is 0. The van der Waals surface area contributed by atoms with Gasteiger partial charge in [-0.3, -0.25) is 0 Å². The predicted octanol–water partition coefficient (Wildman–Crippen LogP) is 3.47. The summed E-state index contributed by atoms with van der Waals surface area (Å²) in [5.74, 6) is 0. The molecule has 1 aromatic carbocycles. The van der Waals surface area contributed by atoms with Crippen LogP contribution in [-0.2, 0) is 0 Å². The Labute approximate surface area is 99.0 Å². The second-order valence-electron chi connectivity index (χ2n) is 3.59. The second kappa shape index (κ2) is 4.30. The van der Waals surface area contributed by atoms with Crippen LogP contribution in [-0.4, -0.2) is 13.1 Å². The van der Waals surface area contributed by atoms with Crippen LogP contribution >= 0.6 is 23.2 Å². The van der Waals surface area contributed by atoms with Crippen molar-refractivity contribution < 1.29 is 0 Å². The van der Waals surface area contributed by atoms with Crippen LogP contribution in [0.15, 0.2) is 12.1 Å². The van der Waals surface area contributed by atoms with E-state index < -0.39 is 0 Å². The van der Waals surface area contributed by atoms with Crippen LogP contribution in [0.1, 0.15) is 18.4 Å². The Morgan fingerprint density at radius 1 is 1.20 bits per heavy atom. The van der Waals surface area contributed by atoms with E-state index in [9.17, 15) is 0 Å². The molecule has 1 heterocycles. The maximum absolute atomic E-state index is 9.03. The highest BCUT2D eigenvalue weighted by Crippen LogP contribution is 2.34. The molecule has 15 heavy (non-hydrogen) atoms. The van der Waals surface area contributed by atoms with E-state index in [1.807, 2.05) is 0 Å². The Hall–Kier alpha value is -0.910. The lowest BCUT2D eigenvalue weighted by molar-refractivity contribution is 0.949. The van der Waals surface area contributed by atoms with E-state index in [4.69, 9.17) is 28.5 Å². The highest BCUT2D eigenvalue weighted by molar-refractivity contribution is 6.36. The molecule has 0 atom stereocenters. The van der Waals surface area contributed by atoms with Crippen molar-refractivity contribution in [3.63, 3.8) is 0 Å². The molecular formula is C11H10Cl2N2. The average Bonchev–Trinajstić information content (AvgIpc) is 2.69. The zero-order valence-electron chi connectivity index (χ0n) is 8.13. The fourth-order valence-corrected chi connectivity index (χ4v) is 2.53. The number of rotatable bonds is 1. The number of nitriles is 1. The molecule has 0 bridgehead atoms. The minimum Gasteiger partial charge on any atom is -0.369 e. The van der Waals surface area contributed by atoms with Crippen molar-refractivity contribution in [3.8, 4) is 6.07 Å². The van der Waals surface area contributed by atoms with Crippen LogP contribution in [0.3, 0.4) is 0 Å². The van der Waals surface area contributed by atoms with E-state index in [2.05, 4.69) is 11.0 Å². The van der Waals surface area contributed by atoms with Gasteiger partial charge in [0.1, 0.15) is 6.07 Å². The lowest BCUT2D eigenvalue weighted by Gasteiger charge is -2.20. The Bertz CT molecular complexity index is 417. The van der Waals surface area contributed by atoms with Gasteiger partial charge < -0.3 is 4.90 Å². The first-order valence-electron chi connectivity index (χ1n) is 4.86. The average molecular weight is 241 g/mol. The van der Waals surface area contributed by atoms with Crippen molar-refractivity contribution in [1.82, 2.24) is 0 Å². The van der Waals surface area contributed by atoms with Gasteiger partial charge in [-0.25, -0.2) is 0 Å². The molecule has 1 aliphatic rings. The Balaban J connectivity index is 2.49. The molecule has 0 amide bonds. The molecule has 0 saturated carbocycles. The van der Waals surface area contributed by atoms with E-state index in [1.165, 1.54) is 0 Å². The molecular weight excluding hydrogens is 231 g/mol. The molecule has 0 aliphatic carbocycles. The van der Waals surface area contributed by atoms with E-state index in [-0.39, 0.29) is 0 Å². The van der Waals surface area contributed by atoms with Crippen molar-refractivity contribution in [2.75, 3.05) is 18.0 Å². The first kappa shape index (κ1) is 10.6. The van der Waals surface area contributed by atoms with Crippen molar-refractivity contribution in [2.24, 2.45) is 0 Å². The third kappa shape index (κ3) is 2.04. The van der Waals surface area contributed by atoms with Gasteiger partial charge >= 0.3 is 0 Å². The maximum Gasteiger partial charge on any atom is 0.101 e. The molecule has 0 N–H and O–H groups in total. The summed E-state index contributed by atoms with van der Waals surface area (Å²) >= 11 is 12.0. The van der Waals surface area contributed by atoms with Crippen molar-refractivity contribution >= 4 is 28.9 Å². The zero-order chi connectivity index (χ0) is 10.8. The zero-order valence-corrected chi connectivity index (χ0v) is 9.65. The van der Waals surface area contributed by atoms with Crippen molar-refractivity contribution in [1.29, 1.82) is 5.26 Å². The van der Waals surface area contributed by atoms with Crippen LogP contribution in [0.25, 0.3) is 0 Å². The molecule has 0 radical (unpaired) electrons. The lowest BCUT2D eigenvalue weighted by atomic mass is 10.2. The van der Waals surface area contributed by atoms with Crippen LogP contribution in [0.5, 0.6) is 0 Å². The fraction of sp³-hybridized carbons (Fsp3) is 0.364. The smallest absolute Gasteiger partial charge is 0.101 e. The molecule has 1 fully saturated rings. The minimum atomic E-state index is 0.513. The van der Waals surface area contributed by atoms with E-state index >= 15 is 0 Å². The first-order valence-corrected chi connectivity index (χ1v) is 5.62. The van der Waals surface area contributed by atoms with Gasteiger partial charge in [0.15, 0.2) is 0 Å². The molecule has 78 valence electrons. The second-order valence-corrected chi connectivity index (χ2v) is 4.43. The molecule has 1 saturated heterocycles. The van der Waals surface area contributed by atoms with E-state index in [1.54, 1.807) is 12.1 Å².